The van der Waals surface area contributed by atoms with Crippen LogP contribution in [0.15, 0.2) is 30.3 Å². The van der Waals surface area contributed by atoms with Gasteiger partial charge in [0.2, 0.25) is 0 Å². The molecule has 0 atom stereocenters. The zero-order valence-corrected chi connectivity index (χ0v) is 14.9. The second-order valence-electron chi connectivity index (χ2n) is 6.19. The maximum absolute atomic E-state index is 12.4. The van der Waals surface area contributed by atoms with Crippen LogP contribution >= 0.6 is 12.2 Å². The Bertz CT molecular complexity index is 513. The molecule has 1 saturated heterocycles. The summed E-state index contributed by atoms with van der Waals surface area (Å²) in [6.45, 7) is 5.07. The Morgan fingerprint density at radius 2 is 1.74 bits per heavy atom. The number of carbonyl (C=O) groups excluding carboxylic acids is 1. The van der Waals surface area contributed by atoms with Crippen molar-refractivity contribution in [3.05, 3.63) is 35.9 Å². The van der Waals surface area contributed by atoms with E-state index in [0.717, 1.165) is 56.4 Å². The molecular formula is C17H27N4OS+. The van der Waals surface area contributed by atoms with Crippen LogP contribution in [0.3, 0.4) is 0 Å². The molecule has 0 bridgehead atoms. The number of thiocarbonyl (C=S) groups is 1. The van der Waals surface area contributed by atoms with Gasteiger partial charge in [-0.1, -0.05) is 18.2 Å². The van der Waals surface area contributed by atoms with Gasteiger partial charge in [0.25, 0.3) is 5.91 Å². The molecule has 0 aliphatic carbocycles. The van der Waals surface area contributed by atoms with Crippen LogP contribution in [0.5, 0.6) is 0 Å². The van der Waals surface area contributed by atoms with Crippen molar-refractivity contribution >= 4 is 23.2 Å². The fraction of sp³-hybridized carbons (Fsp3) is 0.529. The molecule has 2 rings (SSSR count). The average Bonchev–Trinajstić information content (AvgIpc) is 2.58. The van der Waals surface area contributed by atoms with Crippen molar-refractivity contribution in [3.8, 4) is 0 Å². The number of hydrogen-bond donors (Lipinski definition) is 2. The summed E-state index contributed by atoms with van der Waals surface area (Å²) in [5.74, 6) is 0.109. The van der Waals surface area contributed by atoms with Crippen molar-refractivity contribution in [1.82, 2.24) is 15.1 Å². The highest BCUT2D eigenvalue weighted by atomic mass is 32.1. The zero-order chi connectivity index (χ0) is 16.7. The number of benzene rings is 1. The highest BCUT2D eigenvalue weighted by Gasteiger charge is 2.23. The first-order valence-electron chi connectivity index (χ1n) is 8.24. The summed E-state index contributed by atoms with van der Waals surface area (Å²) in [6, 6.07) is 9.47. The molecule has 0 saturated carbocycles. The quantitative estimate of drug-likeness (QED) is 0.580. The summed E-state index contributed by atoms with van der Waals surface area (Å²) in [6.07, 6.45) is 1.11. The van der Waals surface area contributed by atoms with Gasteiger partial charge in [-0.25, -0.2) is 0 Å². The molecule has 0 spiro atoms. The van der Waals surface area contributed by atoms with Crippen molar-refractivity contribution in [2.75, 3.05) is 53.4 Å². The van der Waals surface area contributed by atoms with E-state index in [1.54, 1.807) is 0 Å². The van der Waals surface area contributed by atoms with Crippen molar-refractivity contribution in [1.29, 1.82) is 0 Å². The molecule has 1 amide bonds. The lowest BCUT2D eigenvalue weighted by Gasteiger charge is -2.36. The van der Waals surface area contributed by atoms with Crippen molar-refractivity contribution in [3.63, 3.8) is 0 Å². The van der Waals surface area contributed by atoms with E-state index in [2.05, 4.69) is 24.3 Å². The summed E-state index contributed by atoms with van der Waals surface area (Å²) >= 11 is 5.46. The molecule has 1 fully saturated rings. The summed E-state index contributed by atoms with van der Waals surface area (Å²) in [5.41, 5.74) is 0.757. The molecule has 0 radical (unpaired) electrons. The van der Waals surface area contributed by atoms with Gasteiger partial charge in [0, 0.05) is 44.7 Å². The smallest absolute Gasteiger partial charge is 0.253 e. The predicted molar refractivity (Wildman–Crippen MR) is 96.8 cm³/mol. The second kappa shape index (κ2) is 8.84. The molecule has 2 N–H and O–H groups in total. The minimum atomic E-state index is 0.109. The van der Waals surface area contributed by atoms with Gasteiger partial charge in [0.05, 0.1) is 20.6 Å². The highest BCUT2D eigenvalue weighted by molar-refractivity contribution is 7.80. The summed E-state index contributed by atoms with van der Waals surface area (Å²) in [5, 5.41) is 4.13. The lowest BCUT2D eigenvalue weighted by atomic mass is 10.2. The summed E-state index contributed by atoms with van der Waals surface area (Å²) < 4.78 is 0. The Kier molecular flexibility index (Phi) is 6.80. The van der Waals surface area contributed by atoms with Crippen LogP contribution in [0.25, 0.3) is 0 Å². The zero-order valence-electron chi connectivity index (χ0n) is 14.0. The lowest BCUT2D eigenvalue weighted by molar-refractivity contribution is -0.858. The normalized spacial score (nSPS) is 14.9. The maximum atomic E-state index is 12.4. The first kappa shape index (κ1) is 17.7. The molecular weight excluding hydrogens is 308 g/mol. The first-order chi connectivity index (χ1) is 11.1. The van der Waals surface area contributed by atoms with Crippen molar-refractivity contribution in [2.24, 2.45) is 0 Å². The monoisotopic (exact) mass is 335 g/mol. The molecule has 1 heterocycles. The summed E-state index contributed by atoms with van der Waals surface area (Å²) in [4.78, 5) is 17.9. The van der Waals surface area contributed by atoms with E-state index in [-0.39, 0.29) is 5.91 Å². The number of nitrogens with zero attached hydrogens (tertiary/aromatic N) is 2. The van der Waals surface area contributed by atoms with E-state index in [4.69, 9.17) is 12.2 Å². The van der Waals surface area contributed by atoms with E-state index in [9.17, 15) is 4.79 Å². The molecule has 1 aromatic carbocycles. The van der Waals surface area contributed by atoms with Crippen LogP contribution in [-0.4, -0.2) is 74.2 Å². The number of nitrogens with one attached hydrogen (secondary N) is 2. The van der Waals surface area contributed by atoms with E-state index < -0.39 is 0 Å². The van der Waals surface area contributed by atoms with Gasteiger partial charge in [-0.2, -0.15) is 0 Å². The fourth-order valence-electron chi connectivity index (χ4n) is 2.63. The van der Waals surface area contributed by atoms with Crippen LogP contribution in [0.2, 0.25) is 0 Å². The van der Waals surface area contributed by atoms with Gasteiger partial charge in [-0.3, -0.25) is 4.79 Å². The number of carbonyl (C=O) groups is 1. The standard InChI is InChI=1S/C17H26N4OS/c1-19(2)10-6-9-18-17(23)21-13-11-20(12-14-21)16(22)15-7-4-3-5-8-15/h3-5,7-8H,6,9-14H2,1-2H3,(H,18,23)/p+1. The molecule has 0 unspecified atom stereocenters. The van der Waals surface area contributed by atoms with E-state index in [1.807, 2.05) is 35.2 Å². The Morgan fingerprint density at radius 3 is 2.35 bits per heavy atom. The molecule has 1 aliphatic rings. The predicted octanol–water partition coefficient (Wildman–Crippen LogP) is -0.146. The minimum Gasteiger partial charge on any atom is -0.362 e. The molecule has 126 valence electrons. The Balaban J connectivity index is 1.73. The van der Waals surface area contributed by atoms with Crippen LogP contribution in [0.1, 0.15) is 16.8 Å². The van der Waals surface area contributed by atoms with Crippen LogP contribution in [0, 0.1) is 0 Å². The number of piperazine rings is 1. The molecule has 6 heteroatoms. The van der Waals surface area contributed by atoms with E-state index in [1.165, 1.54) is 4.90 Å². The first-order valence-corrected chi connectivity index (χ1v) is 8.65. The molecule has 5 nitrogen and oxygen atoms in total. The third kappa shape index (κ3) is 5.48. The van der Waals surface area contributed by atoms with Gasteiger partial charge in [-0.15, -0.1) is 0 Å². The second-order valence-corrected chi connectivity index (χ2v) is 6.57. The van der Waals surface area contributed by atoms with Gasteiger partial charge in [0.1, 0.15) is 0 Å². The number of hydrogen-bond acceptors (Lipinski definition) is 2. The number of amides is 1. The van der Waals surface area contributed by atoms with Gasteiger partial charge in [0.15, 0.2) is 5.11 Å². The third-order valence-electron chi connectivity index (χ3n) is 4.00. The van der Waals surface area contributed by atoms with Crippen LogP contribution in [-0.2, 0) is 0 Å². The van der Waals surface area contributed by atoms with E-state index in [0.29, 0.717) is 0 Å². The Morgan fingerprint density at radius 1 is 1.13 bits per heavy atom. The van der Waals surface area contributed by atoms with Crippen molar-refractivity contribution < 1.29 is 9.69 Å². The van der Waals surface area contributed by atoms with Gasteiger partial charge < -0.3 is 20.0 Å². The molecule has 1 aliphatic heterocycles. The Hall–Kier alpha value is -1.66. The SMILES string of the molecule is C[NH+](C)CCCNC(=S)N1CCN(C(=O)c2ccccc2)CC1. The third-order valence-corrected chi connectivity index (χ3v) is 4.41. The van der Waals surface area contributed by atoms with E-state index >= 15 is 0 Å². The summed E-state index contributed by atoms with van der Waals surface area (Å²) in [7, 11) is 4.31. The minimum absolute atomic E-state index is 0.109. The largest absolute Gasteiger partial charge is 0.362 e. The molecule has 0 aromatic heterocycles. The highest BCUT2D eigenvalue weighted by Crippen LogP contribution is 2.08. The molecule has 1 aromatic rings. The average molecular weight is 335 g/mol. The molecule has 23 heavy (non-hydrogen) atoms. The number of quaternary nitrogens is 1. The van der Waals surface area contributed by atoms with Crippen molar-refractivity contribution in [2.45, 2.75) is 6.42 Å². The lowest BCUT2D eigenvalue weighted by Crippen LogP contribution is -3.05. The number of rotatable bonds is 5. The Labute approximate surface area is 144 Å². The van der Waals surface area contributed by atoms with Gasteiger partial charge >= 0.3 is 0 Å². The fourth-order valence-corrected chi connectivity index (χ4v) is 2.91. The van der Waals surface area contributed by atoms with Crippen LogP contribution < -0.4 is 10.2 Å². The van der Waals surface area contributed by atoms with Crippen LogP contribution in [0.4, 0.5) is 0 Å². The maximum Gasteiger partial charge on any atom is 0.253 e. The van der Waals surface area contributed by atoms with Gasteiger partial charge in [-0.05, 0) is 24.4 Å². The topological polar surface area (TPSA) is 40.0 Å².